The van der Waals surface area contributed by atoms with Crippen molar-refractivity contribution in [1.29, 1.82) is 0 Å². The topological polar surface area (TPSA) is 88.1 Å². The lowest BCUT2D eigenvalue weighted by Gasteiger charge is -2.25. The van der Waals surface area contributed by atoms with Gasteiger partial charge in [-0.1, -0.05) is 42.5 Å². The molecule has 0 heterocycles. The van der Waals surface area contributed by atoms with Gasteiger partial charge in [-0.15, -0.1) is 0 Å². The number of hydrogen-bond acceptors (Lipinski definition) is 7. The molecule has 7 nitrogen and oxygen atoms in total. The Hall–Kier alpha value is -1.96. The van der Waals surface area contributed by atoms with Crippen LogP contribution in [0.15, 0.2) is 60.7 Å². The molecule has 176 valence electrons. The zero-order valence-corrected chi connectivity index (χ0v) is 20.6. The van der Waals surface area contributed by atoms with E-state index in [2.05, 4.69) is 0 Å². The van der Waals surface area contributed by atoms with Crippen molar-refractivity contribution in [2.75, 3.05) is 13.2 Å². The van der Waals surface area contributed by atoms with Crippen molar-refractivity contribution in [3.63, 3.8) is 0 Å². The van der Waals surface area contributed by atoms with E-state index in [1.165, 1.54) is 0 Å². The first-order chi connectivity index (χ1) is 15.2. The number of benzene rings is 2. The van der Waals surface area contributed by atoms with Crippen molar-refractivity contribution in [2.45, 2.75) is 45.2 Å². The van der Waals surface area contributed by atoms with E-state index in [0.29, 0.717) is 5.75 Å². The third-order valence-corrected chi connectivity index (χ3v) is 9.35. The predicted molar refractivity (Wildman–Crippen MR) is 126 cm³/mol. The van der Waals surface area contributed by atoms with E-state index < -0.39 is 28.8 Å². The fraction of sp³-hybridized carbons (Fsp3) is 0.391. The van der Waals surface area contributed by atoms with Gasteiger partial charge >= 0.3 is 7.60 Å². The summed E-state index contributed by atoms with van der Waals surface area (Å²) in [5, 5.41) is 0. The van der Waals surface area contributed by atoms with Gasteiger partial charge in [0.2, 0.25) is 0 Å². The van der Waals surface area contributed by atoms with E-state index in [0.717, 1.165) is 11.3 Å². The molecule has 32 heavy (non-hydrogen) atoms. The van der Waals surface area contributed by atoms with E-state index in [9.17, 15) is 13.0 Å². The molecule has 0 spiro atoms. The summed E-state index contributed by atoms with van der Waals surface area (Å²) in [7, 11) is -8.16. The van der Waals surface area contributed by atoms with Gasteiger partial charge < -0.3 is 13.8 Å². The maximum Gasteiger partial charge on any atom is 0.351 e. The Bertz CT molecular complexity index is 992. The molecule has 0 fully saturated rings. The van der Waals surface area contributed by atoms with Crippen LogP contribution in [0.2, 0.25) is 0 Å². The molecule has 0 saturated heterocycles. The third-order valence-electron chi connectivity index (χ3n) is 4.14. The van der Waals surface area contributed by atoms with Crippen molar-refractivity contribution >= 4 is 23.8 Å². The molecule has 0 aliphatic carbocycles. The summed E-state index contributed by atoms with van der Waals surface area (Å²) in [6.07, 6.45) is 2.69. The van der Waals surface area contributed by atoms with Crippen LogP contribution in [-0.4, -0.2) is 32.7 Å². The highest BCUT2D eigenvalue weighted by atomic mass is 32.2. The molecule has 2 aromatic carbocycles. The molecule has 1 atom stereocenters. The number of ether oxygens (including phenoxy) is 1. The summed E-state index contributed by atoms with van der Waals surface area (Å²) in [6.45, 7) is 6.56. The minimum absolute atomic E-state index is 0.0531. The fourth-order valence-corrected chi connectivity index (χ4v) is 7.19. The Morgan fingerprint density at radius 2 is 1.47 bits per heavy atom. The minimum atomic E-state index is -4.20. The molecule has 0 aliphatic heterocycles. The zero-order chi connectivity index (χ0) is 23.6. The third kappa shape index (κ3) is 7.87. The highest BCUT2D eigenvalue weighted by molar-refractivity contribution is 7.94. The monoisotopic (exact) mass is 482 g/mol. The van der Waals surface area contributed by atoms with E-state index in [-0.39, 0.29) is 19.6 Å². The number of rotatable bonds is 13. The van der Waals surface area contributed by atoms with E-state index >= 15 is 0 Å². The summed E-state index contributed by atoms with van der Waals surface area (Å²) in [4.78, 5) is -1.46. The molecule has 2 rings (SSSR count). The standard InChI is InChI=1S/C23H31O7PS/c1-5-27-31(24,28-6-2)23(32(25,26)30-19(3)4)14-10-11-20-15-17-22(18-16-20)29-21-12-8-7-9-13-21/h7-13,15-19,23H,5-6,14H2,1-4H3. The van der Waals surface area contributed by atoms with Gasteiger partial charge in [0.05, 0.1) is 19.3 Å². The lowest BCUT2D eigenvalue weighted by Crippen LogP contribution is -2.27. The zero-order valence-electron chi connectivity index (χ0n) is 18.8. The quantitative estimate of drug-likeness (QED) is 0.247. The second-order valence-corrected chi connectivity index (χ2v) is 11.4. The average Bonchev–Trinajstić information content (AvgIpc) is 2.72. The molecule has 9 heteroatoms. The molecule has 0 aromatic heterocycles. The lowest BCUT2D eigenvalue weighted by atomic mass is 10.2. The normalized spacial score (nSPS) is 13.5. The molecule has 0 amide bonds. The van der Waals surface area contributed by atoms with Crippen LogP contribution in [0.3, 0.4) is 0 Å². The van der Waals surface area contributed by atoms with Crippen molar-refractivity contribution in [2.24, 2.45) is 0 Å². The number of hydrogen-bond donors (Lipinski definition) is 0. The van der Waals surface area contributed by atoms with Crippen molar-refractivity contribution in [3.8, 4) is 11.5 Å². The predicted octanol–water partition coefficient (Wildman–Crippen LogP) is 6.23. The van der Waals surface area contributed by atoms with Crippen LogP contribution in [-0.2, 0) is 27.9 Å². The summed E-state index contributed by atoms with van der Waals surface area (Å²) in [6, 6.07) is 16.7. The van der Waals surface area contributed by atoms with Gasteiger partial charge in [0.15, 0.2) is 4.99 Å². The van der Waals surface area contributed by atoms with Gasteiger partial charge in [0, 0.05) is 0 Å². The largest absolute Gasteiger partial charge is 0.457 e. The summed E-state index contributed by atoms with van der Waals surface area (Å²) in [5.74, 6) is 1.41. The number of allylic oxidation sites excluding steroid dienone is 1. The van der Waals surface area contributed by atoms with Gasteiger partial charge in [0.25, 0.3) is 10.1 Å². The second-order valence-electron chi connectivity index (χ2n) is 7.09. The van der Waals surface area contributed by atoms with Crippen LogP contribution in [0.4, 0.5) is 0 Å². The van der Waals surface area contributed by atoms with Crippen LogP contribution in [0.25, 0.3) is 6.08 Å². The molecular formula is C23H31O7PS. The molecule has 1 unspecified atom stereocenters. The van der Waals surface area contributed by atoms with E-state index in [1.54, 1.807) is 39.8 Å². The Balaban J connectivity index is 2.18. The Morgan fingerprint density at radius 3 is 2.00 bits per heavy atom. The van der Waals surface area contributed by atoms with Crippen LogP contribution in [0, 0.1) is 0 Å². The molecule has 0 N–H and O–H groups in total. The van der Waals surface area contributed by atoms with E-state index in [1.807, 2.05) is 54.6 Å². The van der Waals surface area contributed by atoms with Crippen molar-refractivity contribution in [1.82, 2.24) is 0 Å². The molecule has 0 aliphatic rings. The fourth-order valence-electron chi connectivity index (χ4n) is 2.89. The average molecular weight is 483 g/mol. The molecule has 0 radical (unpaired) electrons. The van der Waals surface area contributed by atoms with Crippen LogP contribution >= 0.6 is 7.60 Å². The molecule has 0 saturated carbocycles. The van der Waals surface area contributed by atoms with Crippen LogP contribution < -0.4 is 4.74 Å². The van der Waals surface area contributed by atoms with Gasteiger partial charge in [-0.3, -0.25) is 8.75 Å². The highest BCUT2D eigenvalue weighted by Crippen LogP contribution is 2.56. The van der Waals surface area contributed by atoms with Gasteiger partial charge in [-0.2, -0.15) is 8.42 Å². The first-order valence-corrected chi connectivity index (χ1v) is 13.6. The van der Waals surface area contributed by atoms with E-state index in [4.69, 9.17) is 18.0 Å². The van der Waals surface area contributed by atoms with Gasteiger partial charge in [-0.25, -0.2) is 0 Å². The first kappa shape index (κ1) is 26.3. The summed E-state index contributed by atoms with van der Waals surface area (Å²) >= 11 is 0. The highest BCUT2D eigenvalue weighted by Gasteiger charge is 2.45. The summed E-state index contributed by atoms with van der Waals surface area (Å²) < 4.78 is 60.3. The Labute approximate surface area is 191 Å². The Kier molecular flexibility index (Phi) is 10.1. The number of para-hydroxylation sites is 1. The summed E-state index contributed by atoms with van der Waals surface area (Å²) in [5.41, 5.74) is 0.828. The molecule has 2 aromatic rings. The smallest absolute Gasteiger partial charge is 0.351 e. The first-order valence-electron chi connectivity index (χ1n) is 10.5. The molecular weight excluding hydrogens is 451 g/mol. The molecule has 0 bridgehead atoms. The minimum Gasteiger partial charge on any atom is -0.457 e. The maximum absolute atomic E-state index is 13.2. The van der Waals surface area contributed by atoms with Gasteiger partial charge in [0.1, 0.15) is 11.5 Å². The van der Waals surface area contributed by atoms with Crippen LogP contribution in [0.1, 0.15) is 39.7 Å². The maximum atomic E-state index is 13.2. The SMILES string of the molecule is CCOP(=O)(OCC)C(CC=Cc1ccc(Oc2ccccc2)cc1)S(=O)(=O)OC(C)C. The van der Waals surface area contributed by atoms with Crippen LogP contribution in [0.5, 0.6) is 11.5 Å². The lowest BCUT2D eigenvalue weighted by molar-refractivity contribution is 0.211. The second kappa shape index (κ2) is 12.3. The van der Waals surface area contributed by atoms with Gasteiger partial charge in [-0.05, 0) is 63.9 Å². The van der Waals surface area contributed by atoms with Crippen molar-refractivity contribution < 1.29 is 31.0 Å². The van der Waals surface area contributed by atoms with Crippen molar-refractivity contribution in [3.05, 3.63) is 66.2 Å². The Morgan fingerprint density at radius 1 is 0.906 bits per heavy atom.